The van der Waals surface area contributed by atoms with Crippen LogP contribution in [0, 0.1) is 11.3 Å². The molecule has 3 nitrogen and oxygen atoms in total. The van der Waals surface area contributed by atoms with E-state index in [-0.39, 0.29) is 0 Å². The molecular formula is C12H14N2O. The van der Waals surface area contributed by atoms with Crippen LogP contribution in [0.5, 0.6) is 5.75 Å². The maximum atomic E-state index is 8.89. The van der Waals surface area contributed by atoms with Crippen LogP contribution in [0.1, 0.15) is 12.0 Å². The largest absolute Gasteiger partial charge is 0.497 e. The highest BCUT2D eigenvalue weighted by atomic mass is 16.5. The minimum absolute atomic E-state index is 0.625. The predicted molar refractivity (Wildman–Crippen MR) is 61.0 cm³/mol. The van der Waals surface area contributed by atoms with E-state index < -0.39 is 0 Å². The van der Waals surface area contributed by atoms with Crippen LogP contribution in [-0.2, 0) is 0 Å². The van der Waals surface area contributed by atoms with Crippen molar-refractivity contribution in [2.24, 2.45) is 0 Å². The molecule has 1 aromatic rings. The van der Waals surface area contributed by atoms with Gasteiger partial charge in [0.15, 0.2) is 0 Å². The first-order valence-electron chi connectivity index (χ1n) is 4.74. The molecule has 15 heavy (non-hydrogen) atoms. The predicted octanol–water partition coefficient (Wildman–Crippen LogP) is 2.55. The summed E-state index contributed by atoms with van der Waals surface area (Å²) < 4.78 is 5.09. The Labute approximate surface area is 90.0 Å². The topological polar surface area (TPSA) is 45.0 Å². The lowest BCUT2D eigenvalue weighted by molar-refractivity contribution is 0.415. The molecule has 0 aromatic heterocycles. The molecular weight excluding hydrogens is 188 g/mol. The number of methoxy groups -OCH3 is 1. The van der Waals surface area contributed by atoms with Crippen molar-refractivity contribution < 1.29 is 4.74 Å². The van der Waals surface area contributed by atoms with Crippen molar-refractivity contribution in [2.45, 2.75) is 6.42 Å². The summed E-state index contributed by atoms with van der Waals surface area (Å²) in [6.45, 7) is 4.41. The van der Waals surface area contributed by atoms with Gasteiger partial charge in [-0.2, -0.15) is 5.26 Å². The van der Waals surface area contributed by atoms with Gasteiger partial charge in [-0.25, -0.2) is 0 Å². The van der Waals surface area contributed by atoms with E-state index in [2.05, 4.69) is 18.0 Å². The second-order valence-electron chi connectivity index (χ2n) is 3.03. The Morgan fingerprint density at radius 2 is 2.40 bits per heavy atom. The molecule has 0 spiro atoms. The van der Waals surface area contributed by atoms with Crippen LogP contribution in [0.3, 0.4) is 0 Å². The van der Waals surface area contributed by atoms with Crippen LogP contribution in [0.4, 0.5) is 5.69 Å². The van der Waals surface area contributed by atoms with Crippen molar-refractivity contribution in [3.63, 3.8) is 0 Å². The number of hydrogen-bond donors (Lipinski definition) is 1. The minimum Gasteiger partial charge on any atom is -0.497 e. The number of nitrogens with one attached hydrogen (secondary N) is 1. The summed E-state index contributed by atoms with van der Waals surface area (Å²) in [6.07, 6.45) is 2.70. The van der Waals surface area contributed by atoms with E-state index in [0.717, 1.165) is 24.4 Å². The van der Waals surface area contributed by atoms with Crippen molar-refractivity contribution in [2.75, 3.05) is 19.0 Å². The maximum absolute atomic E-state index is 8.89. The molecule has 0 heterocycles. The third kappa shape index (κ3) is 3.03. The fourth-order valence-electron chi connectivity index (χ4n) is 1.20. The fourth-order valence-corrected chi connectivity index (χ4v) is 1.20. The van der Waals surface area contributed by atoms with Gasteiger partial charge in [-0.3, -0.25) is 0 Å². The molecule has 0 atom stereocenters. The smallest absolute Gasteiger partial charge is 0.121 e. The zero-order chi connectivity index (χ0) is 11.1. The zero-order valence-electron chi connectivity index (χ0n) is 8.79. The highest BCUT2D eigenvalue weighted by Gasteiger charge is 2.02. The average Bonchev–Trinajstić information content (AvgIpc) is 2.29. The Bertz CT molecular complexity index is 380. The van der Waals surface area contributed by atoms with Crippen molar-refractivity contribution in [3.8, 4) is 11.8 Å². The molecule has 0 bridgehead atoms. The van der Waals surface area contributed by atoms with Gasteiger partial charge in [-0.05, 0) is 18.6 Å². The molecule has 0 aliphatic heterocycles. The Hall–Kier alpha value is -1.95. The molecule has 0 fully saturated rings. The van der Waals surface area contributed by atoms with Crippen molar-refractivity contribution in [1.29, 1.82) is 5.26 Å². The number of anilines is 1. The highest BCUT2D eigenvalue weighted by Crippen LogP contribution is 2.21. The zero-order valence-corrected chi connectivity index (χ0v) is 8.79. The van der Waals surface area contributed by atoms with Gasteiger partial charge < -0.3 is 10.1 Å². The first kappa shape index (κ1) is 11.1. The number of nitriles is 1. The van der Waals surface area contributed by atoms with Crippen molar-refractivity contribution >= 4 is 5.69 Å². The summed E-state index contributed by atoms with van der Waals surface area (Å²) in [4.78, 5) is 0. The Morgan fingerprint density at radius 3 is 3.00 bits per heavy atom. The van der Waals surface area contributed by atoms with Gasteiger partial charge in [-0.1, -0.05) is 6.08 Å². The number of rotatable bonds is 5. The molecule has 78 valence electrons. The highest BCUT2D eigenvalue weighted by molar-refractivity contribution is 5.60. The van der Waals surface area contributed by atoms with Gasteiger partial charge in [-0.15, -0.1) is 6.58 Å². The number of benzene rings is 1. The molecule has 3 heteroatoms. The first-order valence-corrected chi connectivity index (χ1v) is 4.74. The summed E-state index contributed by atoms with van der Waals surface area (Å²) in [5.74, 6) is 0.745. The van der Waals surface area contributed by atoms with Crippen LogP contribution < -0.4 is 10.1 Å². The summed E-state index contributed by atoms with van der Waals surface area (Å²) in [7, 11) is 1.61. The quantitative estimate of drug-likeness (QED) is 0.589. The minimum atomic E-state index is 0.625. The van der Waals surface area contributed by atoms with E-state index in [4.69, 9.17) is 10.00 Å². The van der Waals surface area contributed by atoms with Crippen LogP contribution in [-0.4, -0.2) is 13.7 Å². The Kier molecular flexibility index (Phi) is 4.24. The lowest BCUT2D eigenvalue weighted by Gasteiger charge is -2.08. The normalized spacial score (nSPS) is 9.07. The Morgan fingerprint density at radius 1 is 1.60 bits per heavy atom. The maximum Gasteiger partial charge on any atom is 0.121 e. The Balaban J connectivity index is 2.82. The monoisotopic (exact) mass is 202 g/mol. The van der Waals surface area contributed by atoms with Crippen LogP contribution in [0.15, 0.2) is 30.9 Å². The second kappa shape index (κ2) is 5.71. The SMILES string of the molecule is C=CCCNc1cc(OC)ccc1C#N. The molecule has 1 aromatic carbocycles. The van der Waals surface area contributed by atoms with Gasteiger partial charge in [0.2, 0.25) is 0 Å². The molecule has 0 radical (unpaired) electrons. The fraction of sp³-hybridized carbons (Fsp3) is 0.250. The van der Waals surface area contributed by atoms with Crippen molar-refractivity contribution in [1.82, 2.24) is 0 Å². The molecule has 1 rings (SSSR count). The van der Waals surface area contributed by atoms with Crippen molar-refractivity contribution in [3.05, 3.63) is 36.4 Å². The van der Waals surface area contributed by atoms with Gasteiger partial charge in [0.25, 0.3) is 0 Å². The molecule has 0 saturated carbocycles. The standard InChI is InChI=1S/C12H14N2O/c1-3-4-7-14-12-8-11(15-2)6-5-10(12)9-13/h3,5-6,8,14H,1,4,7H2,2H3. The first-order chi connectivity index (χ1) is 7.31. The molecule has 0 aliphatic rings. The lowest BCUT2D eigenvalue weighted by atomic mass is 10.2. The third-order valence-electron chi connectivity index (χ3n) is 2.01. The van der Waals surface area contributed by atoms with E-state index in [1.54, 1.807) is 19.2 Å². The average molecular weight is 202 g/mol. The summed E-state index contributed by atoms with van der Waals surface area (Å²) >= 11 is 0. The van der Waals surface area contributed by atoms with E-state index in [0.29, 0.717) is 5.56 Å². The summed E-state index contributed by atoms with van der Waals surface area (Å²) in [5, 5.41) is 12.1. The van der Waals surface area contributed by atoms with E-state index in [1.165, 1.54) is 0 Å². The van der Waals surface area contributed by atoms with Gasteiger partial charge in [0, 0.05) is 12.6 Å². The molecule has 0 amide bonds. The number of ether oxygens (including phenoxy) is 1. The van der Waals surface area contributed by atoms with Crippen LogP contribution >= 0.6 is 0 Å². The molecule has 1 N–H and O–H groups in total. The van der Waals surface area contributed by atoms with Gasteiger partial charge in [0.1, 0.15) is 11.8 Å². The second-order valence-corrected chi connectivity index (χ2v) is 3.03. The van der Waals surface area contributed by atoms with E-state index >= 15 is 0 Å². The molecule has 0 saturated heterocycles. The summed E-state index contributed by atoms with van der Waals surface area (Å²) in [5.41, 5.74) is 1.43. The third-order valence-corrected chi connectivity index (χ3v) is 2.01. The van der Waals surface area contributed by atoms with E-state index in [1.807, 2.05) is 12.1 Å². The summed E-state index contributed by atoms with van der Waals surface area (Å²) in [6, 6.07) is 7.47. The number of nitrogens with zero attached hydrogens (tertiary/aromatic N) is 1. The molecule has 0 aliphatic carbocycles. The molecule has 0 unspecified atom stereocenters. The van der Waals surface area contributed by atoms with Crippen LogP contribution in [0.2, 0.25) is 0 Å². The van der Waals surface area contributed by atoms with E-state index in [9.17, 15) is 0 Å². The van der Waals surface area contributed by atoms with Gasteiger partial charge >= 0.3 is 0 Å². The van der Waals surface area contributed by atoms with Gasteiger partial charge in [0.05, 0.1) is 18.4 Å². The lowest BCUT2D eigenvalue weighted by Crippen LogP contribution is -2.02. The number of hydrogen-bond acceptors (Lipinski definition) is 3. The van der Waals surface area contributed by atoms with Crippen LogP contribution in [0.25, 0.3) is 0 Å².